The molecule has 0 saturated heterocycles. The van der Waals surface area contributed by atoms with E-state index in [-0.39, 0.29) is 5.41 Å². The maximum absolute atomic E-state index is 11.1. The maximum atomic E-state index is 11.1. The van der Waals surface area contributed by atoms with Gasteiger partial charge >= 0.3 is 8.25 Å². The van der Waals surface area contributed by atoms with Gasteiger partial charge in [-0.1, -0.05) is 47.5 Å². The minimum Gasteiger partial charge on any atom is -0.311 e. The number of unbranched alkanes of at least 4 members (excludes halogenated alkanes) is 2. The van der Waals surface area contributed by atoms with Crippen LogP contribution in [-0.2, 0) is 18.4 Å². The zero-order valence-electron chi connectivity index (χ0n) is 15.1. The summed E-state index contributed by atoms with van der Waals surface area (Å²) in [6.07, 6.45) is 6.83. The number of ketones is 1. The molecular weight excluding hydrogens is 299 g/mol. The third kappa shape index (κ3) is 12.4. The Bertz CT molecular complexity index is 317. The lowest BCUT2D eigenvalue weighted by molar-refractivity contribution is -0.124. The molecule has 1 saturated carbocycles. The number of Topliss-reactive ketones (excluding diaryl/α,β-unsaturated/α-hetero) is 1. The Morgan fingerprint density at radius 1 is 1.14 bits per heavy atom. The van der Waals surface area contributed by atoms with Crippen LogP contribution >= 0.6 is 8.25 Å². The lowest BCUT2D eigenvalue weighted by Crippen LogP contribution is -2.27. The molecule has 0 bridgehead atoms. The monoisotopic (exact) mass is 334 g/mol. The van der Waals surface area contributed by atoms with Crippen molar-refractivity contribution < 1.29 is 18.4 Å². The third-order valence-electron chi connectivity index (χ3n) is 3.59. The SMILES string of the molecule is CC1CC(=O)CC(C)(C)C1.CCCCO[PH](=O)OCCCC. The van der Waals surface area contributed by atoms with Gasteiger partial charge in [-0.25, -0.2) is 0 Å². The van der Waals surface area contributed by atoms with E-state index in [1.54, 1.807) is 0 Å². The molecule has 0 spiro atoms. The van der Waals surface area contributed by atoms with Crippen molar-refractivity contribution >= 4 is 14.0 Å². The van der Waals surface area contributed by atoms with Crippen molar-refractivity contribution in [3.8, 4) is 0 Å². The fourth-order valence-corrected chi connectivity index (χ4v) is 3.43. The summed E-state index contributed by atoms with van der Waals surface area (Å²) in [6.45, 7) is 11.8. The van der Waals surface area contributed by atoms with Crippen LogP contribution in [0.25, 0.3) is 0 Å². The van der Waals surface area contributed by atoms with Gasteiger partial charge in [-0.05, 0) is 30.6 Å². The molecule has 1 aliphatic carbocycles. The zero-order valence-corrected chi connectivity index (χ0v) is 16.1. The predicted octanol–water partition coefficient (Wildman–Crippen LogP) is 5.41. The summed E-state index contributed by atoms with van der Waals surface area (Å²) >= 11 is 0. The zero-order chi connectivity index (χ0) is 17.0. The van der Waals surface area contributed by atoms with Crippen molar-refractivity contribution in [2.24, 2.45) is 11.3 Å². The summed E-state index contributed by atoms with van der Waals surface area (Å²) < 4.78 is 20.8. The van der Waals surface area contributed by atoms with E-state index in [0.29, 0.717) is 24.9 Å². The normalized spacial score (nSPS) is 20.6. The standard InChI is InChI=1S/C9H16O.C8H19O3P/c1-7-4-8(10)6-9(2,3)5-7;1-3-5-7-10-12(9)11-8-6-4-2/h7H,4-6H2,1-3H3;12H,3-8H2,1-2H3. The number of rotatable bonds is 8. The topological polar surface area (TPSA) is 52.6 Å². The molecule has 1 atom stereocenters. The highest BCUT2D eigenvalue weighted by molar-refractivity contribution is 7.33. The summed E-state index contributed by atoms with van der Waals surface area (Å²) in [5.74, 6) is 1.06. The van der Waals surface area contributed by atoms with Crippen molar-refractivity contribution in [3.05, 3.63) is 0 Å². The van der Waals surface area contributed by atoms with Gasteiger partial charge in [0.25, 0.3) is 0 Å². The van der Waals surface area contributed by atoms with Crippen molar-refractivity contribution in [2.75, 3.05) is 13.2 Å². The summed E-state index contributed by atoms with van der Waals surface area (Å²) in [4.78, 5) is 11.1. The average molecular weight is 334 g/mol. The van der Waals surface area contributed by atoms with Crippen LogP contribution in [0.4, 0.5) is 0 Å². The molecule has 132 valence electrons. The van der Waals surface area contributed by atoms with E-state index >= 15 is 0 Å². The average Bonchev–Trinajstić information content (AvgIpc) is 2.37. The summed E-state index contributed by atoms with van der Waals surface area (Å²) in [5.41, 5.74) is 0.273. The number of hydrogen-bond acceptors (Lipinski definition) is 4. The minimum absolute atomic E-state index is 0.273. The fraction of sp³-hybridized carbons (Fsp3) is 0.941. The molecule has 1 rings (SSSR count). The van der Waals surface area contributed by atoms with E-state index in [4.69, 9.17) is 9.05 Å². The Labute approximate surface area is 137 Å². The molecule has 0 aromatic heterocycles. The summed E-state index contributed by atoms with van der Waals surface area (Å²) in [6, 6.07) is 0. The molecule has 0 aromatic carbocycles. The second-order valence-electron chi connectivity index (χ2n) is 7.05. The Hall–Kier alpha value is -0.180. The first-order valence-electron chi connectivity index (χ1n) is 8.62. The molecule has 0 aliphatic heterocycles. The molecule has 4 nitrogen and oxygen atoms in total. The van der Waals surface area contributed by atoms with Gasteiger partial charge in [-0.2, -0.15) is 0 Å². The third-order valence-corrected chi connectivity index (χ3v) is 4.47. The molecule has 0 radical (unpaired) electrons. The molecule has 22 heavy (non-hydrogen) atoms. The molecule has 1 unspecified atom stereocenters. The quantitative estimate of drug-likeness (QED) is 0.440. The molecule has 0 heterocycles. The molecule has 1 fully saturated rings. The van der Waals surface area contributed by atoms with Gasteiger partial charge in [-0.15, -0.1) is 0 Å². The van der Waals surface area contributed by atoms with Crippen LogP contribution in [0.5, 0.6) is 0 Å². The first kappa shape index (κ1) is 21.8. The van der Waals surface area contributed by atoms with Gasteiger partial charge in [0, 0.05) is 12.8 Å². The van der Waals surface area contributed by atoms with E-state index in [1.807, 2.05) is 0 Å². The van der Waals surface area contributed by atoms with Gasteiger partial charge in [0.2, 0.25) is 0 Å². The minimum atomic E-state index is -2.18. The van der Waals surface area contributed by atoms with Crippen LogP contribution in [0.15, 0.2) is 0 Å². The van der Waals surface area contributed by atoms with Crippen molar-refractivity contribution in [2.45, 2.75) is 79.6 Å². The molecule has 0 amide bonds. The highest BCUT2D eigenvalue weighted by Gasteiger charge is 2.30. The van der Waals surface area contributed by atoms with Crippen LogP contribution in [-0.4, -0.2) is 19.0 Å². The van der Waals surface area contributed by atoms with Crippen LogP contribution in [0.3, 0.4) is 0 Å². The van der Waals surface area contributed by atoms with Gasteiger partial charge in [0.15, 0.2) is 0 Å². The number of carbonyl (C=O) groups is 1. The second kappa shape index (κ2) is 12.3. The molecule has 5 heteroatoms. The Kier molecular flexibility index (Phi) is 12.2. The molecule has 0 aromatic rings. The van der Waals surface area contributed by atoms with Gasteiger partial charge in [0.1, 0.15) is 5.78 Å². The van der Waals surface area contributed by atoms with Crippen molar-refractivity contribution in [3.63, 3.8) is 0 Å². The Morgan fingerprint density at radius 2 is 1.64 bits per heavy atom. The largest absolute Gasteiger partial charge is 0.319 e. The van der Waals surface area contributed by atoms with Crippen LogP contribution in [0.1, 0.15) is 79.6 Å². The van der Waals surface area contributed by atoms with Crippen LogP contribution in [0, 0.1) is 11.3 Å². The van der Waals surface area contributed by atoms with Crippen LogP contribution in [0.2, 0.25) is 0 Å². The smallest absolute Gasteiger partial charge is 0.311 e. The van der Waals surface area contributed by atoms with Gasteiger partial charge in [-0.3, -0.25) is 9.36 Å². The number of hydrogen-bond donors (Lipinski definition) is 0. The highest BCUT2D eigenvalue weighted by Crippen LogP contribution is 2.36. The predicted molar refractivity (Wildman–Crippen MR) is 92.5 cm³/mol. The highest BCUT2D eigenvalue weighted by atomic mass is 31.1. The van der Waals surface area contributed by atoms with Gasteiger partial charge in [0.05, 0.1) is 13.2 Å². The first-order valence-corrected chi connectivity index (χ1v) is 9.84. The van der Waals surface area contributed by atoms with E-state index in [1.165, 1.54) is 6.42 Å². The van der Waals surface area contributed by atoms with E-state index in [2.05, 4.69) is 34.6 Å². The second-order valence-corrected chi connectivity index (χ2v) is 8.12. The summed E-state index contributed by atoms with van der Waals surface area (Å²) in [5, 5.41) is 0. The number of carbonyl (C=O) groups excluding carboxylic acids is 1. The van der Waals surface area contributed by atoms with E-state index in [0.717, 1.165) is 38.5 Å². The van der Waals surface area contributed by atoms with Crippen LogP contribution < -0.4 is 0 Å². The lowest BCUT2D eigenvalue weighted by atomic mass is 9.72. The summed E-state index contributed by atoms with van der Waals surface area (Å²) in [7, 11) is -2.18. The van der Waals surface area contributed by atoms with E-state index < -0.39 is 8.25 Å². The molecular formula is C17H35O4P. The van der Waals surface area contributed by atoms with Crippen molar-refractivity contribution in [1.82, 2.24) is 0 Å². The maximum Gasteiger partial charge on any atom is 0.319 e. The van der Waals surface area contributed by atoms with Crippen molar-refractivity contribution in [1.29, 1.82) is 0 Å². The van der Waals surface area contributed by atoms with Gasteiger partial charge < -0.3 is 9.05 Å². The first-order chi connectivity index (χ1) is 10.3. The molecule has 1 aliphatic rings. The Balaban J connectivity index is 0.000000406. The van der Waals surface area contributed by atoms with E-state index in [9.17, 15) is 9.36 Å². The Morgan fingerprint density at radius 3 is 2.00 bits per heavy atom. The molecule has 0 N–H and O–H groups in total. The lowest BCUT2D eigenvalue weighted by Gasteiger charge is -2.32. The fourth-order valence-electron chi connectivity index (χ4n) is 2.72.